The fourth-order valence-corrected chi connectivity index (χ4v) is 2.47. The number of nitrogens with zero attached hydrogens (tertiary/aromatic N) is 3. The van der Waals surface area contributed by atoms with Gasteiger partial charge in [0.25, 0.3) is 0 Å². The lowest BCUT2D eigenvalue weighted by Crippen LogP contribution is -2.38. The van der Waals surface area contributed by atoms with Crippen LogP contribution < -0.4 is 5.32 Å². The first-order chi connectivity index (χ1) is 9.96. The lowest BCUT2D eigenvalue weighted by molar-refractivity contribution is -0.385. The monoisotopic (exact) mass is 290 g/mol. The van der Waals surface area contributed by atoms with E-state index in [-0.39, 0.29) is 23.2 Å². The van der Waals surface area contributed by atoms with E-state index >= 15 is 0 Å². The van der Waals surface area contributed by atoms with Crippen molar-refractivity contribution in [3.63, 3.8) is 0 Å². The summed E-state index contributed by atoms with van der Waals surface area (Å²) in [6.45, 7) is 0.426. The Labute approximate surface area is 120 Å². The summed E-state index contributed by atoms with van der Waals surface area (Å²) in [4.78, 5) is 24.8. The van der Waals surface area contributed by atoms with E-state index in [0.29, 0.717) is 12.4 Å². The zero-order valence-corrected chi connectivity index (χ0v) is 11.2. The molecule has 1 heterocycles. The molecule has 110 valence electrons. The van der Waals surface area contributed by atoms with Gasteiger partial charge < -0.3 is 10.4 Å². The summed E-state index contributed by atoms with van der Waals surface area (Å²) in [7, 11) is 0. The Morgan fingerprint density at radius 2 is 2.29 bits per heavy atom. The number of aromatic nitrogens is 1. The van der Waals surface area contributed by atoms with Crippen LogP contribution in [0.1, 0.15) is 31.4 Å². The lowest BCUT2D eigenvalue weighted by atomic mass is 9.66. The first-order valence-electron chi connectivity index (χ1n) is 6.47. The maximum atomic E-state index is 10.9. The van der Waals surface area contributed by atoms with E-state index in [9.17, 15) is 14.9 Å². The fourth-order valence-electron chi connectivity index (χ4n) is 2.47. The molecule has 0 amide bonds. The number of hydrogen-bond donors (Lipinski definition) is 2. The maximum Gasteiger partial charge on any atom is 0.305 e. The van der Waals surface area contributed by atoms with Crippen LogP contribution in [-0.2, 0) is 4.79 Å². The summed E-state index contributed by atoms with van der Waals surface area (Å²) in [6.07, 6.45) is 2.72. The number of carbonyl (C=O) groups is 1. The molecule has 1 saturated carbocycles. The third-order valence-electron chi connectivity index (χ3n) is 3.76. The van der Waals surface area contributed by atoms with Crippen LogP contribution in [0.25, 0.3) is 0 Å². The van der Waals surface area contributed by atoms with Gasteiger partial charge >= 0.3 is 11.7 Å². The van der Waals surface area contributed by atoms with Crippen LogP contribution in [0.5, 0.6) is 0 Å². The Kier molecular flexibility index (Phi) is 4.03. The highest BCUT2D eigenvalue weighted by Gasteiger charge is 2.38. The van der Waals surface area contributed by atoms with Gasteiger partial charge in [0, 0.05) is 12.6 Å². The minimum absolute atomic E-state index is 0.0814. The molecule has 1 aliphatic rings. The molecule has 0 bridgehead atoms. The highest BCUT2D eigenvalue weighted by Crippen LogP contribution is 2.43. The molecule has 0 unspecified atom stereocenters. The summed E-state index contributed by atoms with van der Waals surface area (Å²) in [5, 5.41) is 31.5. The molecule has 0 spiro atoms. The summed E-state index contributed by atoms with van der Waals surface area (Å²) in [6, 6.07) is 4.33. The largest absolute Gasteiger partial charge is 0.481 e. The van der Waals surface area contributed by atoms with Gasteiger partial charge in [-0.2, -0.15) is 5.26 Å². The van der Waals surface area contributed by atoms with E-state index in [2.05, 4.69) is 10.3 Å². The number of nitrogens with one attached hydrogen (secondary N) is 1. The highest BCUT2D eigenvalue weighted by molar-refractivity contribution is 5.68. The van der Waals surface area contributed by atoms with Crippen molar-refractivity contribution in [1.29, 1.82) is 5.26 Å². The van der Waals surface area contributed by atoms with Gasteiger partial charge in [0.1, 0.15) is 11.9 Å². The van der Waals surface area contributed by atoms with Crippen LogP contribution >= 0.6 is 0 Å². The molecule has 8 heteroatoms. The molecule has 0 atom stereocenters. The van der Waals surface area contributed by atoms with E-state index in [0.717, 1.165) is 19.3 Å². The van der Waals surface area contributed by atoms with Crippen LogP contribution in [0.2, 0.25) is 0 Å². The number of nitriles is 1. The Hall–Kier alpha value is -2.69. The second-order valence-electron chi connectivity index (χ2n) is 5.21. The van der Waals surface area contributed by atoms with Crippen molar-refractivity contribution in [2.24, 2.45) is 5.41 Å². The van der Waals surface area contributed by atoms with Gasteiger partial charge in [-0.1, -0.05) is 6.42 Å². The quantitative estimate of drug-likeness (QED) is 0.604. The van der Waals surface area contributed by atoms with Gasteiger partial charge in [0.2, 0.25) is 5.69 Å². The topological polar surface area (TPSA) is 129 Å². The molecule has 0 radical (unpaired) electrons. The Morgan fingerprint density at radius 3 is 2.76 bits per heavy atom. The van der Waals surface area contributed by atoms with E-state index < -0.39 is 10.9 Å². The molecule has 8 nitrogen and oxygen atoms in total. The van der Waals surface area contributed by atoms with Crippen molar-refractivity contribution < 1.29 is 14.8 Å². The molecular weight excluding hydrogens is 276 g/mol. The van der Waals surface area contributed by atoms with Crippen molar-refractivity contribution in [2.45, 2.75) is 25.7 Å². The average molecular weight is 290 g/mol. The van der Waals surface area contributed by atoms with E-state index in [1.807, 2.05) is 0 Å². The van der Waals surface area contributed by atoms with Crippen LogP contribution in [0.3, 0.4) is 0 Å². The number of nitro groups is 1. The molecule has 0 saturated heterocycles. The highest BCUT2D eigenvalue weighted by atomic mass is 16.6. The average Bonchev–Trinajstić information content (AvgIpc) is 2.40. The summed E-state index contributed by atoms with van der Waals surface area (Å²) < 4.78 is 0. The summed E-state index contributed by atoms with van der Waals surface area (Å²) in [5.74, 6) is -0.500. The van der Waals surface area contributed by atoms with Gasteiger partial charge in [0.15, 0.2) is 0 Å². The number of carboxylic acids is 1. The Morgan fingerprint density at radius 1 is 1.57 bits per heavy atom. The van der Waals surface area contributed by atoms with Gasteiger partial charge in [-0.05, 0) is 24.3 Å². The molecule has 0 aliphatic heterocycles. The number of hydrogen-bond acceptors (Lipinski definition) is 6. The Balaban J connectivity index is 2.08. The number of pyridine rings is 1. The zero-order valence-electron chi connectivity index (χ0n) is 11.2. The lowest BCUT2D eigenvalue weighted by Gasteiger charge is -2.41. The standard InChI is InChI=1S/C13H14N4O4/c14-7-9-10(17(20)21)2-3-11(16-9)15-8-13(4-1-5-13)6-12(18)19/h2-3H,1,4-6,8H2,(H,15,16)(H,18,19). The van der Waals surface area contributed by atoms with Crippen LogP contribution in [0.4, 0.5) is 11.5 Å². The second-order valence-corrected chi connectivity index (χ2v) is 5.21. The Bertz CT molecular complexity index is 619. The summed E-state index contributed by atoms with van der Waals surface area (Å²) in [5.41, 5.74) is -0.889. The molecule has 2 rings (SSSR count). The molecule has 1 aromatic heterocycles. The zero-order chi connectivity index (χ0) is 15.5. The summed E-state index contributed by atoms with van der Waals surface area (Å²) >= 11 is 0. The fraction of sp³-hybridized carbons (Fsp3) is 0.462. The van der Waals surface area contributed by atoms with E-state index in [1.54, 1.807) is 6.07 Å². The van der Waals surface area contributed by atoms with Gasteiger partial charge in [0.05, 0.1) is 11.3 Å². The van der Waals surface area contributed by atoms with E-state index in [1.165, 1.54) is 12.1 Å². The van der Waals surface area contributed by atoms with Crippen molar-refractivity contribution in [3.8, 4) is 6.07 Å². The van der Waals surface area contributed by atoms with Gasteiger partial charge in [-0.15, -0.1) is 0 Å². The number of carboxylic acid groups (broad SMARTS) is 1. The van der Waals surface area contributed by atoms with Crippen molar-refractivity contribution in [1.82, 2.24) is 4.98 Å². The number of anilines is 1. The predicted molar refractivity (Wildman–Crippen MR) is 72.6 cm³/mol. The minimum atomic E-state index is -0.842. The van der Waals surface area contributed by atoms with Crippen LogP contribution in [0, 0.1) is 26.9 Å². The smallest absolute Gasteiger partial charge is 0.305 e. The van der Waals surface area contributed by atoms with Crippen LogP contribution in [-0.4, -0.2) is 27.5 Å². The normalized spacial score (nSPS) is 15.6. The third-order valence-corrected chi connectivity index (χ3v) is 3.76. The van der Waals surface area contributed by atoms with Crippen molar-refractivity contribution in [2.75, 3.05) is 11.9 Å². The predicted octanol–water partition coefficient (Wildman–Crippen LogP) is 1.92. The minimum Gasteiger partial charge on any atom is -0.481 e. The van der Waals surface area contributed by atoms with Crippen molar-refractivity contribution in [3.05, 3.63) is 27.9 Å². The van der Waals surface area contributed by atoms with Crippen LogP contribution in [0.15, 0.2) is 12.1 Å². The van der Waals surface area contributed by atoms with Gasteiger partial charge in [-0.25, -0.2) is 4.98 Å². The third kappa shape index (κ3) is 3.25. The van der Waals surface area contributed by atoms with Gasteiger partial charge in [-0.3, -0.25) is 14.9 Å². The van der Waals surface area contributed by atoms with Crippen molar-refractivity contribution >= 4 is 17.5 Å². The second kappa shape index (κ2) is 5.75. The molecule has 2 N–H and O–H groups in total. The molecule has 0 aromatic carbocycles. The molecule has 1 aliphatic carbocycles. The molecule has 1 aromatic rings. The molecule has 21 heavy (non-hydrogen) atoms. The number of aliphatic carboxylic acids is 1. The van der Waals surface area contributed by atoms with E-state index in [4.69, 9.17) is 10.4 Å². The first kappa shape index (κ1) is 14.7. The maximum absolute atomic E-state index is 10.9. The SMILES string of the molecule is N#Cc1nc(NCC2(CC(=O)O)CCC2)ccc1[N+](=O)[O-]. The first-order valence-corrected chi connectivity index (χ1v) is 6.47. The number of rotatable bonds is 6. The molecule has 1 fully saturated rings. The molecular formula is C13H14N4O4.